The summed E-state index contributed by atoms with van der Waals surface area (Å²) in [5, 5.41) is 12.9. The average Bonchev–Trinajstić information content (AvgIpc) is 3.20. The second-order valence-corrected chi connectivity index (χ2v) is 7.87. The van der Waals surface area contributed by atoms with Gasteiger partial charge in [-0.15, -0.1) is 10.2 Å². The number of anilines is 1. The van der Waals surface area contributed by atoms with Crippen LogP contribution in [-0.4, -0.2) is 40.0 Å². The van der Waals surface area contributed by atoms with Crippen molar-refractivity contribution in [1.29, 1.82) is 0 Å². The number of rotatable bonds is 6. The van der Waals surface area contributed by atoms with Gasteiger partial charge < -0.3 is 10.2 Å². The van der Waals surface area contributed by atoms with Crippen molar-refractivity contribution in [2.24, 2.45) is 5.92 Å². The first-order valence-electron chi connectivity index (χ1n) is 9.09. The maximum absolute atomic E-state index is 12.4. The molecular formula is C17H26N4O2S. The van der Waals surface area contributed by atoms with Crippen molar-refractivity contribution < 1.29 is 9.59 Å². The first kappa shape index (κ1) is 17.3. The lowest BCUT2D eigenvalue weighted by molar-refractivity contribution is -0.128. The number of likely N-dealkylation sites (tertiary alicyclic amines) is 1. The zero-order valence-electron chi connectivity index (χ0n) is 14.3. The molecule has 7 heteroatoms. The first-order valence-corrected chi connectivity index (χ1v) is 9.91. The number of aromatic nitrogens is 2. The summed E-state index contributed by atoms with van der Waals surface area (Å²) in [6, 6.07) is 0. The minimum atomic E-state index is -0.267. The highest BCUT2D eigenvalue weighted by Crippen LogP contribution is 2.35. The van der Waals surface area contributed by atoms with Crippen LogP contribution in [0.1, 0.15) is 69.2 Å². The van der Waals surface area contributed by atoms with Crippen LogP contribution in [0.2, 0.25) is 0 Å². The lowest BCUT2D eigenvalue weighted by Crippen LogP contribution is -2.29. The van der Waals surface area contributed by atoms with Crippen molar-refractivity contribution >= 4 is 28.3 Å². The highest BCUT2D eigenvalue weighted by atomic mass is 32.1. The van der Waals surface area contributed by atoms with E-state index in [1.165, 1.54) is 43.4 Å². The summed E-state index contributed by atoms with van der Waals surface area (Å²) in [5.41, 5.74) is 0. The smallest absolute Gasteiger partial charge is 0.231 e. The molecule has 132 valence electrons. The first-order chi connectivity index (χ1) is 11.7. The van der Waals surface area contributed by atoms with Crippen molar-refractivity contribution in [3.8, 4) is 0 Å². The Hall–Kier alpha value is -1.50. The second kappa shape index (κ2) is 8.05. The van der Waals surface area contributed by atoms with E-state index in [0.29, 0.717) is 24.0 Å². The summed E-state index contributed by atoms with van der Waals surface area (Å²) < 4.78 is 0. The highest BCUT2D eigenvalue weighted by molar-refractivity contribution is 7.15. The van der Waals surface area contributed by atoms with Crippen LogP contribution in [-0.2, 0) is 9.59 Å². The minimum Gasteiger partial charge on any atom is -0.342 e. The molecule has 6 nitrogen and oxygen atoms in total. The van der Waals surface area contributed by atoms with Crippen LogP contribution >= 0.6 is 11.3 Å². The zero-order chi connectivity index (χ0) is 16.9. The summed E-state index contributed by atoms with van der Waals surface area (Å²) in [6.07, 6.45) is 8.51. The van der Waals surface area contributed by atoms with E-state index in [1.807, 2.05) is 0 Å². The Morgan fingerprint density at radius 2 is 2.08 bits per heavy atom. The fourth-order valence-electron chi connectivity index (χ4n) is 3.52. The maximum atomic E-state index is 12.4. The topological polar surface area (TPSA) is 75.2 Å². The second-order valence-electron chi connectivity index (χ2n) is 6.86. The molecule has 1 saturated carbocycles. The van der Waals surface area contributed by atoms with E-state index in [-0.39, 0.29) is 17.7 Å². The fourth-order valence-corrected chi connectivity index (χ4v) is 4.44. The van der Waals surface area contributed by atoms with Crippen molar-refractivity contribution in [3.63, 3.8) is 0 Å². The molecular weight excluding hydrogens is 324 g/mol. The van der Waals surface area contributed by atoms with E-state index in [4.69, 9.17) is 0 Å². The molecule has 1 aromatic rings. The third kappa shape index (κ3) is 4.12. The van der Waals surface area contributed by atoms with E-state index >= 15 is 0 Å². The number of hydrogen-bond acceptors (Lipinski definition) is 5. The van der Waals surface area contributed by atoms with Crippen molar-refractivity contribution in [1.82, 2.24) is 15.1 Å². The molecule has 3 rings (SSSR count). The van der Waals surface area contributed by atoms with Crippen LogP contribution < -0.4 is 5.32 Å². The number of hydrogen-bond donors (Lipinski definition) is 1. The number of nitrogens with one attached hydrogen (secondary N) is 1. The molecule has 1 atom stereocenters. The van der Waals surface area contributed by atoms with Gasteiger partial charge in [0.05, 0.1) is 5.92 Å². The van der Waals surface area contributed by atoms with Crippen LogP contribution in [0.3, 0.4) is 0 Å². The molecule has 24 heavy (non-hydrogen) atoms. The molecule has 2 aliphatic rings. The van der Waals surface area contributed by atoms with E-state index < -0.39 is 0 Å². The molecule has 1 aromatic heterocycles. The van der Waals surface area contributed by atoms with Gasteiger partial charge >= 0.3 is 0 Å². The molecule has 0 radical (unpaired) electrons. The normalized spacial score (nSPS) is 22.1. The van der Waals surface area contributed by atoms with Gasteiger partial charge in [0.2, 0.25) is 16.9 Å². The molecule has 1 aliphatic carbocycles. The quantitative estimate of drug-likeness (QED) is 0.855. The van der Waals surface area contributed by atoms with Gasteiger partial charge in [-0.2, -0.15) is 0 Å². The van der Waals surface area contributed by atoms with Gasteiger partial charge in [-0.1, -0.05) is 43.9 Å². The van der Waals surface area contributed by atoms with Gasteiger partial charge in [0, 0.05) is 25.4 Å². The predicted octanol–water partition coefficient (Wildman–Crippen LogP) is 3.17. The minimum absolute atomic E-state index is 0.0868. The monoisotopic (exact) mass is 350 g/mol. The molecule has 0 bridgehead atoms. The summed E-state index contributed by atoms with van der Waals surface area (Å²) in [4.78, 5) is 26.2. The summed E-state index contributed by atoms with van der Waals surface area (Å²) in [5.74, 6) is 0.216. The lowest BCUT2D eigenvalue weighted by Gasteiger charge is -2.18. The maximum Gasteiger partial charge on any atom is 0.231 e. The van der Waals surface area contributed by atoms with Gasteiger partial charge in [-0.05, 0) is 19.3 Å². The van der Waals surface area contributed by atoms with Crippen LogP contribution in [0.25, 0.3) is 0 Å². The molecule has 1 aliphatic heterocycles. The Labute approximate surface area is 147 Å². The van der Waals surface area contributed by atoms with Gasteiger partial charge in [0.25, 0.3) is 0 Å². The third-order valence-electron chi connectivity index (χ3n) is 4.99. The number of unbranched alkanes of at least 4 members (excludes halogenated alkanes) is 1. The number of carbonyl (C=O) groups excluding carboxylic acids is 2. The van der Waals surface area contributed by atoms with Crippen molar-refractivity contribution in [2.45, 2.75) is 64.2 Å². The summed E-state index contributed by atoms with van der Waals surface area (Å²) in [6.45, 7) is 3.38. The van der Waals surface area contributed by atoms with E-state index in [9.17, 15) is 9.59 Å². The molecule has 2 fully saturated rings. The molecule has 0 aromatic carbocycles. The Morgan fingerprint density at radius 1 is 1.29 bits per heavy atom. The van der Waals surface area contributed by atoms with E-state index in [0.717, 1.165) is 24.4 Å². The Bertz CT molecular complexity index is 583. The Balaban J connectivity index is 1.53. The molecule has 2 heterocycles. The molecule has 0 spiro atoms. The van der Waals surface area contributed by atoms with E-state index in [2.05, 4.69) is 22.4 Å². The van der Waals surface area contributed by atoms with Gasteiger partial charge in [0.15, 0.2) is 0 Å². The van der Waals surface area contributed by atoms with Crippen LogP contribution in [0.4, 0.5) is 5.13 Å². The molecule has 2 amide bonds. The van der Waals surface area contributed by atoms with Crippen LogP contribution in [0.15, 0.2) is 0 Å². The lowest BCUT2D eigenvalue weighted by atomic mass is 9.90. The number of carbonyl (C=O) groups is 2. The van der Waals surface area contributed by atoms with Gasteiger partial charge in [-0.25, -0.2) is 0 Å². The van der Waals surface area contributed by atoms with Gasteiger partial charge in [-0.3, -0.25) is 9.59 Å². The molecule has 0 unspecified atom stereocenters. The highest BCUT2D eigenvalue weighted by Gasteiger charge is 2.34. The summed E-state index contributed by atoms with van der Waals surface area (Å²) in [7, 11) is 0. The fraction of sp³-hybridized carbons (Fsp3) is 0.765. The van der Waals surface area contributed by atoms with Crippen molar-refractivity contribution in [2.75, 3.05) is 18.4 Å². The standard InChI is InChI=1S/C17H26N4O2S/c1-2-3-9-21-11-13(10-14(21)22)15(23)18-17-20-19-16(24-17)12-7-5-4-6-8-12/h12-13H,2-11H2,1H3,(H,18,20,23)/t13-/m0/s1. The van der Waals surface area contributed by atoms with Crippen LogP contribution in [0.5, 0.6) is 0 Å². The average molecular weight is 350 g/mol. The third-order valence-corrected chi connectivity index (χ3v) is 5.99. The largest absolute Gasteiger partial charge is 0.342 e. The molecule has 1 saturated heterocycles. The Kier molecular flexibility index (Phi) is 5.81. The summed E-state index contributed by atoms with van der Waals surface area (Å²) >= 11 is 1.49. The number of amides is 2. The predicted molar refractivity (Wildman–Crippen MR) is 94.0 cm³/mol. The van der Waals surface area contributed by atoms with E-state index in [1.54, 1.807) is 4.90 Å². The zero-order valence-corrected chi connectivity index (χ0v) is 15.1. The van der Waals surface area contributed by atoms with Crippen LogP contribution in [0, 0.1) is 5.92 Å². The van der Waals surface area contributed by atoms with Gasteiger partial charge in [0.1, 0.15) is 5.01 Å². The SMILES string of the molecule is CCCCN1C[C@@H](C(=O)Nc2nnc(C3CCCCC3)s2)CC1=O. The number of nitrogens with zero attached hydrogens (tertiary/aromatic N) is 3. The Morgan fingerprint density at radius 3 is 2.83 bits per heavy atom. The molecule has 1 N–H and O–H groups in total. The van der Waals surface area contributed by atoms with Crippen molar-refractivity contribution in [3.05, 3.63) is 5.01 Å².